The highest BCUT2D eigenvalue weighted by Gasteiger charge is 2.30. The van der Waals surface area contributed by atoms with Crippen molar-refractivity contribution in [3.05, 3.63) is 65.5 Å². The number of amides is 1. The molecule has 2 aromatic rings. The summed E-state index contributed by atoms with van der Waals surface area (Å²) in [6.45, 7) is 2.06. The lowest BCUT2D eigenvalue weighted by Gasteiger charge is -2.34. The number of halogens is 1. The van der Waals surface area contributed by atoms with Gasteiger partial charge >= 0.3 is 0 Å². The third kappa shape index (κ3) is 4.06. The van der Waals surface area contributed by atoms with Crippen molar-refractivity contribution in [1.29, 1.82) is 0 Å². The van der Waals surface area contributed by atoms with E-state index in [1.807, 2.05) is 0 Å². The maximum Gasteiger partial charge on any atom is 0.254 e. The molecule has 0 aliphatic carbocycles. The minimum absolute atomic E-state index is 0.0557. The predicted molar refractivity (Wildman–Crippen MR) is 97.5 cm³/mol. The lowest BCUT2D eigenvalue weighted by molar-refractivity contribution is 0.0697. The fourth-order valence-corrected chi connectivity index (χ4v) is 4.43. The largest absolute Gasteiger partial charge is 0.336 e. The molecule has 142 valence electrons. The summed E-state index contributed by atoms with van der Waals surface area (Å²) in [6, 6.07) is 11.3. The molecule has 27 heavy (non-hydrogen) atoms. The third-order valence-corrected chi connectivity index (χ3v) is 6.37. The number of carbonyl (C=O) groups excluding carboxylic acids is 2. The molecule has 3 rings (SSSR count). The Morgan fingerprint density at radius 3 is 2.19 bits per heavy atom. The van der Waals surface area contributed by atoms with Crippen LogP contribution in [-0.4, -0.2) is 55.5 Å². The highest BCUT2D eigenvalue weighted by molar-refractivity contribution is 7.89. The molecule has 0 N–H and O–H groups in total. The summed E-state index contributed by atoms with van der Waals surface area (Å²) in [5.74, 6) is -1.03. The van der Waals surface area contributed by atoms with Gasteiger partial charge in [-0.15, -0.1) is 0 Å². The first-order valence-corrected chi connectivity index (χ1v) is 9.89. The van der Waals surface area contributed by atoms with Crippen LogP contribution < -0.4 is 0 Å². The quantitative estimate of drug-likeness (QED) is 0.750. The highest BCUT2D eigenvalue weighted by atomic mass is 32.2. The molecule has 0 saturated carbocycles. The second-order valence-electron chi connectivity index (χ2n) is 6.29. The van der Waals surface area contributed by atoms with Gasteiger partial charge in [-0.05, 0) is 37.3 Å². The van der Waals surface area contributed by atoms with Crippen molar-refractivity contribution >= 4 is 21.7 Å². The van der Waals surface area contributed by atoms with Crippen molar-refractivity contribution in [3.63, 3.8) is 0 Å². The predicted octanol–water partition coefficient (Wildman–Crippen LogP) is 2.17. The average molecular weight is 390 g/mol. The Balaban J connectivity index is 1.72. The Hall–Kier alpha value is -2.58. The molecular weight excluding hydrogens is 371 g/mol. The van der Waals surface area contributed by atoms with Crippen LogP contribution in [0.25, 0.3) is 0 Å². The molecule has 6 nitrogen and oxygen atoms in total. The molecule has 2 aromatic carbocycles. The van der Waals surface area contributed by atoms with E-state index in [0.29, 0.717) is 5.56 Å². The lowest BCUT2D eigenvalue weighted by atomic mass is 10.2. The fraction of sp³-hybridized carbons (Fsp3) is 0.263. The zero-order valence-corrected chi connectivity index (χ0v) is 15.6. The van der Waals surface area contributed by atoms with Gasteiger partial charge in [0.15, 0.2) is 5.78 Å². The second-order valence-corrected chi connectivity index (χ2v) is 8.23. The van der Waals surface area contributed by atoms with Crippen LogP contribution in [0.4, 0.5) is 4.39 Å². The molecule has 8 heteroatoms. The number of hydrogen-bond donors (Lipinski definition) is 0. The number of rotatable bonds is 4. The Morgan fingerprint density at radius 1 is 0.926 bits per heavy atom. The van der Waals surface area contributed by atoms with Gasteiger partial charge in [0.25, 0.3) is 5.91 Å². The van der Waals surface area contributed by atoms with Gasteiger partial charge in [-0.1, -0.05) is 18.2 Å². The van der Waals surface area contributed by atoms with Gasteiger partial charge in [-0.25, -0.2) is 12.8 Å². The van der Waals surface area contributed by atoms with E-state index in [2.05, 4.69) is 0 Å². The van der Waals surface area contributed by atoms with E-state index >= 15 is 0 Å². The molecule has 1 saturated heterocycles. The third-order valence-electron chi connectivity index (χ3n) is 4.48. The standard InChI is InChI=1S/C19H19FN2O4S/c1-14(23)15-4-3-7-18(13-15)27(25,26)22-10-8-21(9-11-22)19(24)16-5-2-6-17(20)12-16/h2-7,12-13H,8-11H2,1H3. The van der Waals surface area contributed by atoms with Gasteiger partial charge in [-0.2, -0.15) is 4.31 Å². The van der Waals surface area contributed by atoms with E-state index < -0.39 is 15.8 Å². The van der Waals surface area contributed by atoms with E-state index in [1.165, 1.54) is 58.6 Å². The van der Waals surface area contributed by atoms with Crippen LogP contribution in [0.1, 0.15) is 27.6 Å². The second kappa shape index (κ2) is 7.58. The molecule has 1 amide bonds. The van der Waals surface area contributed by atoms with Gasteiger partial charge in [0.1, 0.15) is 5.82 Å². The highest BCUT2D eigenvalue weighted by Crippen LogP contribution is 2.20. The maximum absolute atomic E-state index is 13.3. The molecule has 0 atom stereocenters. The average Bonchev–Trinajstić information content (AvgIpc) is 2.67. The minimum Gasteiger partial charge on any atom is -0.336 e. The Bertz CT molecular complexity index is 983. The van der Waals surface area contributed by atoms with Crippen LogP contribution in [0.5, 0.6) is 0 Å². The molecule has 0 aromatic heterocycles. The number of sulfonamides is 1. The molecule has 1 fully saturated rings. The number of Topliss-reactive ketones (excluding diaryl/α,β-unsaturated/α-hetero) is 1. The van der Waals surface area contributed by atoms with Crippen LogP contribution in [0.2, 0.25) is 0 Å². The summed E-state index contributed by atoms with van der Waals surface area (Å²) >= 11 is 0. The summed E-state index contributed by atoms with van der Waals surface area (Å²) in [5, 5.41) is 0. The van der Waals surface area contributed by atoms with E-state index in [1.54, 1.807) is 6.07 Å². The van der Waals surface area contributed by atoms with Crippen LogP contribution in [0.3, 0.4) is 0 Å². The van der Waals surface area contributed by atoms with Gasteiger partial charge in [0, 0.05) is 37.3 Å². The number of ketones is 1. The zero-order chi connectivity index (χ0) is 19.6. The topological polar surface area (TPSA) is 74.8 Å². The molecular formula is C19H19FN2O4S. The van der Waals surface area contributed by atoms with Crippen molar-refractivity contribution in [2.24, 2.45) is 0 Å². The number of carbonyl (C=O) groups is 2. The van der Waals surface area contributed by atoms with Crippen molar-refractivity contribution in [2.45, 2.75) is 11.8 Å². The molecule has 0 radical (unpaired) electrons. The first-order chi connectivity index (χ1) is 12.8. The number of piperazine rings is 1. The molecule has 0 spiro atoms. The number of nitrogens with zero attached hydrogens (tertiary/aromatic N) is 2. The molecule has 0 unspecified atom stereocenters. The lowest BCUT2D eigenvalue weighted by Crippen LogP contribution is -2.50. The van der Waals surface area contributed by atoms with Crippen molar-refractivity contribution in [2.75, 3.05) is 26.2 Å². The van der Waals surface area contributed by atoms with E-state index in [0.717, 1.165) is 0 Å². The minimum atomic E-state index is -3.76. The summed E-state index contributed by atoms with van der Waals surface area (Å²) in [5.41, 5.74) is 0.566. The Kier molecular flexibility index (Phi) is 5.38. The summed E-state index contributed by atoms with van der Waals surface area (Å²) in [4.78, 5) is 25.5. The smallest absolute Gasteiger partial charge is 0.254 e. The Morgan fingerprint density at radius 2 is 1.56 bits per heavy atom. The summed E-state index contributed by atoms with van der Waals surface area (Å²) < 4.78 is 40.2. The summed E-state index contributed by atoms with van der Waals surface area (Å²) in [7, 11) is -3.76. The number of hydrogen-bond acceptors (Lipinski definition) is 4. The van der Waals surface area contributed by atoms with Gasteiger partial charge in [-0.3, -0.25) is 9.59 Å². The Labute approximate surface area is 157 Å². The molecule has 1 aliphatic heterocycles. The van der Waals surface area contributed by atoms with Crippen molar-refractivity contribution in [3.8, 4) is 0 Å². The molecule has 1 aliphatic rings. The normalized spacial score (nSPS) is 15.6. The monoisotopic (exact) mass is 390 g/mol. The van der Waals surface area contributed by atoms with Crippen molar-refractivity contribution in [1.82, 2.24) is 9.21 Å². The van der Waals surface area contributed by atoms with Crippen LogP contribution in [0, 0.1) is 5.82 Å². The van der Waals surface area contributed by atoms with Crippen LogP contribution in [0.15, 0.2) is 53.4 Å². The van der Waals surface area contributed by atoms with Crippen LogP contribution in [-0.2, 0) is 10.0 Å². The van der Waals surface area contributed by atoms with Gasteiger partial charge in [0.2, 0.25) is 10.0 Å². The van der Waals surface area contributed by atoms with Gasteiger partial charge in [0.05, 0.1) is 4.90 Å². The van der Waals surface area contributed by atoms with Gasteiger partial charge < -0.3 is 4.90 Å². The van der Waals surface area contributed by atoms with E-state index in [4.69, 9.17) is 0 Å². The first kappa shape index (κ1) is 19.2. The summed E-state index contributed by atoms with van der Waals surface area (Å²) in [6.07, 6.45) is 0. The van der Waals surface area contributed by atoms with E-state index in [-0.39, 0.29) is 48.3 Å². The van der Waals surface area contributed by atoms with E-state index in [9.17, 15) is 22.4 Å². The first-order valence-electron chi connectivity index (χ1n) is 8.45. The number of benzene rings is 2. The maximum atomic E-state index is 13.3. The van der Waals surface area contributed by atoms with Crippen molar-refractivity contribution < 1.29 is 22.4 Å². The fourth-order valence-electron chi connectivity index (χ4n) is 2.96. The van der Waals surface area contributed by atoms with Crippen LogP contribution >= 0.6 is 0 Å². The molecule has 0 bridgehead atoms. The SMILES string of the molecule is CC(=O)c1cccc(S(=O)(=O)N2CCN(C(=O)c3cccc(F)c3)CC2)c1. The zero-order valence-electron chi connectivity index (χ0n) is 14.8. The molecule has 1 heterocycles.